The Morgan fingerprint density at radius 1 is 0.837 bits per heavy atom. The van der Waals surface area contributed by atoms with Crippen LogP contribution in [0.2, 0.25) is 0 Å². The van der Waals surface area contributed by atoms with Gasteiger partial charge in [-0.3, -0.25) is 9.59 Å². The SMILES string of the molecule is COc1cc(OC)cc(-c2nn(-c3cc(C)ccc3C)c(OC(C)=O)c2-c2ccc(NC(=O)c3ccccc3F)cc2)c1. The lowest BCUT2D eigenvalue weighted by molar-refractivity contribution is -0.132. The molecule has 43 heavy (non-hydrogen) atoms. The quantitative estimate of drug-likeness (QED) is 0.196. The minimum absolute atomic E-state index is 0.0622. The van der Waals surface area contributed by atoms with E-state index in [1.165, 1.54) is 25.1 Å². The molecule has 1 amide bonds. The molecule has 1 aromatic heterocycles. The molecule has 1 heterocycles. The predicted molar refractivity (Wildman–Crippen MR) is 163 cm³/mol. The van der Waals surface area contributed by atoms with Crippen molar-refractivity contribution in [2.75, 3.05) is 19.5 Å². The van der Waals surface area contributed by atoms with E-state index in [0.29, 0.717) is 39.6 Å². The summed E-state index contributed by atoms with van der Waals surface area (Å²) in [5, 5.41) is 7.70. The average molecular weight is 580 g/mol. The number of hydrogen-bond donors (Lipinski definition) is 1. The lowest BCUT2D eigenvalue weighted by Gasteiger charge is -2.12. The third kappa shape index (κ3) is 6.11. The van der Waals surface area contributed by atoms with Crippen LogP contribution in [0.3, 0.4) is 0 Å². The molecule has 5 rings (SSSR count). The van der Waals surface area contributed by atoms with Crippen LogP contribution in [0.15, 0.2) is 84.9 Å². The largest absolute Gasteiger partial charge is 0.497 e. The van der Waals surface area contributed by atoms with Gasteiger partial charge in [0.05, 0.1) is 31.0 Å². The highest BCUT2D eigenvalue weighted by Gasteiger charge is 2.26. The van der Waals surface area contributed by atoms with Gasteiger partial charge in [-0.2, -0.15) is 9.78 Å². The van der Waals surface area contributed by atoms with Gasteiger partial charge < -0.3 is 19.5 Å². The zero-order valence-corrected chi connectivity index (χ0v) is 24.4. The van der Waals surface area contributed by atoms with Crippen molar-refractivity contribution in [1.29, 1.82) is 0 Å². The summed E-state index contributed by atoms with van der Waals surface area (Å²) in [6.45, 7) is 5.26. The Morgan fingerprint density at radius 2 is 1.51 bits per heavy atom. The first-order valence-electron chi connectivity index (χ1n) is 13.5. The molecular weight excluding hydrogens is 549 g/mol. The van der Waals surface area contributed by atoms with Gasteiger partial charge in [-0.25, -0.2) is 4.39 Å². The van der Waals surface area contributed by atoms with Gasteiger partial charge in [0.25, 0.3) is 5.91 Å². The molecule has 0 atom stereocenters. The molecule has 0 radical (unpaired) electrons. The number of esters is 1. The molecule has 5 aromatic rings. The Balaban J connectivity index is 1.69. The van der Waals surface area contributed by atoms with Crippen LogP contribution in [-0.4, -0.2) is 35.9 Å². The highest BCUT2D eigenvalue weighted by atomic mass is 19.1. The number of hydrogen-bond acceptors (Lipinski definition) is 6. The lowest BCUT2D eigenvalue weighted by atomic mass is 10.00. The van der Waals surface area contributed by atoms with Gasteiger partial charge in [-0.1, -0.05) is 36.4 Å². The number of nitrogens with one attached hydrogen (secondary N) is 1. The van der Waals surface area contributed by atoms with E-state index in [1.54, 1.807) is 55.3 Å². The van der Waals surface area contributed by atoms with Gasteiger partial charge in [0.1, 0.15) is 23.0 Å². The van der Waals surface area contributed by atoms with Crippen LogP contribution in [0.4, 0.5) is 10.1 Å². The molecule has 4 aromatic carbocycles. The minimum Gasteiger partial charge on any atom is -0.497 e. The van der Waals surface area contributed by atoms with Crippen LogP contribution < -0.4 is 19.5 Å². The zero-order chi connectivity index (χ0) is 30.7. The molecule has 9 heteroatoms. The van der Waals surface area contributed by atoms with Gasteiger partial charge >= 0.3 is 5.97 Å². The normalized spacial score (nSPS) is 10.7. The molecular formula is C34H30FN3O5. The summed E-state index contributed by atoms with van der Waals surface area (Å²) >= 11 is 0. The van der Waals surface area contributed by atoms with Crippen LogP contribution in [0.5, 0.6) is 17.4 Å². The fraction of sp³-hybridized carbons (Fsp3) is 0.147. The van der Waals surface area contributed by atoms with Crippen molar-refractivity contribution in [3.8, 4) is 45.5 Å². The molecule has 218 valence electrons. The molecule has 0 saturated heterocycles. The number of aromatic nitrogens is 2. The standard InChI is InChI=1S/C34H30FN3O5/c1-20-10-11-21(2)30(16-20)38-34(43-22(3)39)31(32(37-38)24-17-26(41-4)19-27(18-24)42-5)23-12-14-25(15-13-23)36-33(40)28-8-6-7-9-29(28)35/h6-19H,1-5H3,(H,36,40). The van der Waals surface area contributed by atoms with Crippen molar-refractivity contribution < 1.29 is 28.2 Å². The Hall–Kier alpha value is -5.44. The highest BCUT2D eigenvalue weighted by molar-refractivity contribution is 6.04. The molecule has 8 nitrogen and oxygen atoms in total. The maximum atomic E-state index is 14.2. The van der Waals surface area contributed by atoms with Crippen molar-refractivity contribution >= 4 is 17.6 Å². The van der Waals surface area contributed by atoms with E-state index < -0.39 is 17.7 Å². The number of anilines is 1. The highest BCUT2D eigenvalue weighted by Crippen LogP contribution is 2.43. The first kappa shape index (κ1) is 29.1. The predicted octanol–water partition coefficient (Wildman–Crippen LogP) is 7.16. The Morgan fingerprint density at radius 3 is 2.14 bits per heavy atom. The van der Waals surface area contributed by atoms with E-state index in [9.17, 15) is 14.0 Å². The molecule has 1 N–H and O–H groups in total. The van der Waals surface area contributed by atoms with E-state index in [0.717, 1.165) is 16.8 Å². The molecule has 0 unspecified atom stereocenters. The number of benzene rings is 4. The van der Waals surface area contributed by atoms with E-state index >= 15 is 0 Å². The molecule has 0 fully saturated rings. The third-order valence-corrected chi connectivity index (χ3v) is 6.85. The maximum Gasteiger partial charge on any atom is 0.309 e. The summed E-state index contributed by atoms with van der Waals surface area (Å²) in [5.41, 5.74) is 5.45. The molecule has 0 aliphatic heterocycles. The monoisotopic (exact) mass is 579 g/mol. The fourth-order valence-corrected chi connectivity index (χ4v) is 4.71. The van der Waals surface area contributed by atoms with Crippen LogP contribution in [0.25, 0.3) is 28.1 Å². The van der Waals surface area contributed by atoms with E-state index in [1.807, 2.05) is 44.2 Å². The molecule has 0 aliphatic carbocycles. The molecule has 0 spiro atoms. The first-order valence-corrected chi connectivity index (χ1v) is 13.5. The Kier molecular flexibility index (Phi) is 8.25. The van der Waals surface area contributed by atoms with Gasteiger partial charge in [0, 0.05) is 24.2 Å². The lowest BCUT2D eigenvalue weighted by Crippen LogP contribution is -2.13. The second-order valence-electron chi connectivity index (χ2n) is 9.94. The van der Waals surface area contributed by atoms with E-state index in [-0.39, 0.29) is 11.4 Å². The summed E-state index contributed by atoms with van der Waals surface area (Å²) in [5.74, 6) is -0.362. The minimum atomic E-state index is -0.611. The number of aryl methyl sites for hydroxylation is 2. The molecule has 0 aliphatic rings. The summed E-state index contributed by atoms with van der Waals surface area (Å²) in [7, 11) is 3.12. The summed E-state index contributed by atoms with van der Waals surface area (Å²) in [6, 6.07) is 24.0. The van der Waals surface area contributed by atoms with Gasteiger partial charge in [-0.15, -0.1) is 0 Å². The van der Waals surface area contributed by atoms with Crippen LogP contribution in [0.1, 0.15) is 28.4 Å². The number of halogens is 1. The first-order chi connectivity index (χ1) is 20.7. The number of rotatable bonds is 8. The fourth-order valence-electron chi connectivity index (χ4n) is 4.71. The number of carbonyl (C=O) groups is 2. The van der Waals surface area contributed by atoms with E-state index in [4.69, 9.17) is 19.3 Å². The molecule has 0 bridgehead atoms. The number of carbonyl (C=O) groups excluding carboxylic acids is 2. The second kappa shape index (κ2) is 12.2. The van der Waals surface area contributed by atoms with Crippen molar-refractivity contribution in [2.45, 2.75) is 20.8 Å². The molecule has 0 saturated carbocycles. The average Bonchev–Trinajstić information content (AvgIpc) is 3.36. The Labute approximate surface area is 248 Å². The number of methoxy groups -OCH3 is 2. The van der Waals surface area contributed by atoms with Crippen LogP contribution >= 0.6 is 0 Å². The van der Waals surface area contributed by atoms with Crippen molar-refractivity contribution in [2.24, 2.45) is 0 Å². The van der Waals surface area contributed by atoms with E-state index in [2.05, 4.69) is 5.32 Å². The topological polar surface area (TPSA) is 91.7 Å². The van der Waals surface area contributed by atoms with Gasteiger partial charge in [0.15, 0.2) is 0 Å². The number of amides is 1. The van der Waals surface area contributed by atoms with Crippen LogP contribution in [-0.2, 0) is 4.79 Å². The summed E-state index contributed by atoms with van der Waals surface area (Å²) in [4.78, 5) is 25.1. The third-order valence-electron chi connectivity index (χ3n) is 6.85. The van der Waals surface area contributed by atoms with Gasteiger partial charge in [0.2, 0.25) is 5.88 Å². The smallest absolute Gasteiger partial charge is 0.309 e. The van der Waals surface area contributed by atoms with Crippen LogP contribution in [0, 0.1) is 19.7 Å². The van der Waals surface area contributed by atoms with Crippen molar-refractivity contribution in [3.05, 3.63) is 107 Å². The van der Waals surface area contributed by atoms with Crippen molar-refractivity contribution in [3.63, 3.8) is 0 Å². The van der Waals surface area contributed by atoms with Crippen molar-refractivity contribution in [1.82, 2.24) is 9.78 Å². The Bertz CT molecular complexity index is 1810. The number of nitrogens with zero attached hydrogens (tertiary/aromatic N) is 2. The number of ether oxygens (including phenoxy) is 3. The summed E-state index contributed by atoms with van der Waals surface area (Å²) < 4.78 is 32.7. The summed E-state index contributed by atoms with van der Waals surface area (Å²) in [6.07, 6.45) is 0. The second-order valence-corrected chi connectivity index (χ2v) is 9.94. The maximum absolute atomic E-state index is 14.2. The zero-order valence-electron chi connectivity index (χ0n) is 24.4. The van der Waals surface area contributed by atoms with Gasteiger partial charge in [-0.05, 0) is 73.0 Å².